The number of benzene rings is 1. The molecule has 5 unspecified atom stereocenters. The number of aromatic nitrogens is 3. The lowest BCUT2D eigenvalue weighted by Gasteiger charge is -2.35. The van der Waals surface area contributed by atoms with Crippen LogP contribution in [0.25, 0.3) is 16.7 Å². The van der Waals surface area contributed by atoms with Crippen LogP contribution in [-0.2, 0) is 23.9 Å². The molecular weight excluding hydrogens is 797 g/mol. The first kappa shape index (κ1) is 43.5. The molecule has 1 aromatic carbocycles. The Kier molecular flexibility index (Phi) is 12.3. The summed E-state index contributed by atoms with van der Waals surface area (Å²) < 4.78 is 25.9. The molecule has 17 nitrogen and oxygen atoms in total. The zero-order chi connectivity index (χ0) is 43.9. The Morgan fingerprint density at radius 3 is 2.45 bits per heavy atom. The van der Waals surface area contributed by atoms with Crippen LogP contribution in [-0.4, -0.2) is 135 Å². The number of anilines is 1. The molecule has 336 valence electrons. The molecule has 17 heteroatoms. The third kappa shape index (κ3) is 9.58. The second kappa shape index (κ2) is 17.5. The van der Waals surface area contributed by atoms with Gasteiger partial charge in [-0.05, 0) is 74.8 Å². The van der Waals surface area contributed by atoms with E-state index >= 15 is 0 Å². The summed E-state index contributed by atoms with van der Waals surface area (Å²) in [5, 5.41) is 24.6. The lowest BCUT2D eigenvalue weighted by molar-refractivity contribution is -0.146. The number of carbonyl (C=O) groups excluding carboxylic acids is 3. The first-order valence-electron chi connectivity index (χ1n) is 22.3. The molecule has 0 bridgehead atoms. The van der Waals surface area contributed by atoms with Crippen LogP contribution in [0, 0.1) is 23.2 Å². The van der Waals surface area contributed by atoms with E-state index in [1.807, 2.05) is 72.0 Å². The summed E-state index contributed by atoms with van der Waals surface area (Å²) in [6, 6.07) is 7.28. The van der Waals surface area contributed by atoms with Crippen molar-refractivity contribution in [1.82, 2.24) is 35.2 Å². The largest absolute Gasteiger partial charge is 0.492 e. The van der Waals surface area contributed by atoms with Gasteiger partial charge in [0.15, 0.2) is 5.82 Å². The zero-order valence-corrected chi connectivity index (χ0v) is 36.7. The number of hydrogen-bond donors (Lipinski definition) is 4. The van der Waals surface area contributed by atoms with Gasteiger partial charge in [-0.1, -0.05) is 34.1 Å². The van der Waals surface area contributed by atoms with Crippen molar-refractivity contribution in [2.24, 2.45) is 23.2 Å². The van der Waals surface area contributed by atoms with Crippen molar-refractivity contribution < 1.29 is 43.2 Å². The van der Waals surface area contributed by atoms with Crippen LogP contribution in [0.2, 0.25) is 0 Å². The Hall–Kier alpha value is -5.16. The summed E-state index contributed by atoms with van der Waals surface area (Å²) in [5.41, 5.74) is -1.59. The number of alkyl carbamates (subject to hydrolysis) is 1. The molecule has 3 amide bonds. The first-order valence-corrected chi connectivity index (χ1v) is 22.3. The predicted molar refractivity (Wildman–Crippen MR) is 229 cm³/mol. The number of pyridine rings is 1. The highest BCUT2D eigenvalue weighted by atomic mass is 16.6. The fraction of sp³-hybridized carbons (Fsp3) is 0.644. The van der Waals surface area contributed by atoms with Crippen LogP contribution in [0.1, 0.15) is 80.1 Å². The van der Waals surface area contributed by atoms with Gasteiger partial charge < -0.3 is 44.9 Å². The summed E-state index contributed by atoms with van der Waals surface area (Å²) in [5.74, 6) is 1.07. The van der Waals surface area contributed by atoms with E-state index in [1.165, 1.54) is 11.3 Å². The number of amides is 3. The topological polar surface area (TPSA) is 199 Å². The van der Waals surface area contributed by atoms with Gasteiger partial charge in [0.05, 0.1) is 25.3 Å². The number of nitrogens with one attached hydrogen (secondary N) is 3. The molecule has 4 N–H and O–H groups in total. The van der Waals surface area contributed by atoms with Gasteiger partial charge in [0.25, 0.3) is 0 Å². The molecule has 0 spiro atoms. The van der Waals surface area contributed by atoms with Gasteiger partial charge >= 0.3 is 12.1 Å². The molecule has 2 saturated heterocycles. The van der Waals surface area contributed by atoms with Gasteiger partial charge in [-0.2, -0.15) is 0 Å². The van der Waals surface area contributed by atoms with Crippen LogP contribution in [0.3, 0.4) is 0 Å². The van der Waals surface area contributed by atoms with Gasteiger partial charge in [0.1, 0.15) is 53.8 Å². The number of ether oxygens (including phenoxy) is 4. The highest BCUT2D eigenvalue weighted by molar-refractivity contribution is 5.96. The zero-order valence-electron chi connectivity index (χ0n) is 36.7. The van der Waals surface area contributed by atoms with E-state index in [0.717, 1.165) is 32.5 Å². The van der Waals surface area contributed by atoms with Crippen molar-refractivity contribution in [2.45, 2.75) is 116 Å². The Labute approximate surface area is 362 Å². The maximum Gasteiger partial charge on any atom is 0.408 e. The minimum Gasteiger partial charge on any atom is -0.492 e. The van der Waals surface area contributed by atoms with E-state index in [-0.39, 0.29) is 31.0 Å². The molecule has 0 radical (unpaired) electrons. The van der Waals surface area contributed by atoms with E-state index in [1.54, 1.807) is 10.7 Å². The number of likely N-dealkylation sites (tertiary alicyclic amines) is 1. The molecule has 8 rings (SSSR count). The van der Waals surface area contributed by atoms with Gasteiger partial charge in [-0.15, -0.1) is 5.10 Å². The molecule has 7 atom stereocenters. The van der Waals surface area contributed by atoms with E-state index in [4.69, 9.17) is 29.0 Å². The molecular formula is C45H62N8O9. The van der Waals surface area contributed by atoms with Crippen molar-refractivity contribution in [2.75, 3.05) is 51.3 Å². The van der Waals surface area contributed by atoms with Crippen molar-refractivity contribution in [3.8, 4) is 17.3 Å². The van der Waals surface area contributed by atoms with E-state index in [9.17, 15) is 24.3 Å². The van der Waals surface area contributed by atoms with E-state index < -0.39 is 53.0 Å². The minimum atomic E-state index is -1.40. The Bertz CT molecular complexity index is 2140. The van der Waals surface area contributed by atoms with Crippen LogP contribution in [0.5, 0.6) is 11.5 Å². The number of aliphatic carboxylic acids is 1. The fourth-order valence-electron chi connectivity index (χ4n) is 9.43. The number of carboxylic acid groups (broad SMARTS) is 1. The Morgan fingerprint density at radius 2 is 1.77 bits per heavy atom. The number of morpholine rings is 1. The van der Waals surface area contributed by atoms with Crippen molar-refractivity contribution >= 4 is 40.6 Å². The normalized spacial score (nSPS) is 27.4. The van der Waals surface area contributed by atoms with E-state index in [0.29, 0.717) is 78.5 Å². The minimum absolute atomic E-state index is 0.00436. The summed E-state index contributed by atoms with van der Waals surface area (Å²) in [7, 11) is 0. The first-order chi connectivity index (χ1) is 29.6. The monoisotopic (exact) mass is 858 g/mol. The van der Waals surface area contributed by atoms with Gasteiger partial charge in [-0.3, -0.25) is 14.5 Å². The summed E-state index contributed by atoms with van der Waals surface area (Å²) in [6.07, 6.45) is 4.04. The molecule has 3 aromatic rings. The lowest BCUT2D eigenvalue weighted by atomic mass is 9.85. The number of carbonyl (C=O) groups is 4. The highest BCUT2D eigenvalue weighted by Crippen LogP contribution is 2.52. The Morgan fingerprint density at radius 1 is 1.02 bits per heavy atom. The third-order valence-corrected chi connectivity index (χ3v) is 13.1. The fourth-order valence-corrected chi connectivity index (χ4v) is 9.43. The van der Waals surface area contributed by atoms with Crippen molar-refractivity contribution in [1.29, 1.82) is 0 Å². The van der Waals surface area contributed by atoms with E-state index in [2.05, 4.69) is 20.9 Å². The molecule has 4 heterocycles. The smallest absolute Gasteiger partial charge is 0.408 e. The van der Waals surface area contributed by atoms with Gasteiger partial charge in [0.2, 0.25) is 11.8 Å². The summed E-state index contributed by atoms with van der Waals surface area (Å²) in [4.78, 5) is 63.6. The summed E-state index contributed by atoms with van der Waals surface area (Å²) in [6.45, 7) is 15.9. The molecule has 3 aliphatic carbocycles. The van der Waals surface area contributed by atoms with Crippen LogP contribution in [0.4, 0.5) is 10.6 Å². The van der Waals surface area contributed by atoms with Gasteiger partial charge in [-0.25, -0.2) is 19.3 Å². The second-order valence-electron chi connectivity index (χ2n) is 19.2. The standard InChI is InChI=1S/C45H62N8O9/c1-7-29-24-45(29,42(56)57)49-40(54)35-22-32(25-52(35)41(55)39(44(4,5)6)48-43(58)62-31-19-27-18-28(27)20-31)61-36-23-38(53-11-10-37(50-53)46-26(2)3)47-34-21-30(8-9-33(34)36)60-17-14-51-12-15-59-16-13-51/h8-11,21,23,26-29,31-32,35,39H,7,12-20,22,24-25H2,1-6H3,(H,46,50)(H,48,58)(H,49,54)(H,56,57)/t27?,28?,29?,31?,32-,35?,39?,45-/m1/s1. The average molecular weight is 859 g/mol. The molecule has 62 heavy (non-hydrogen) atoms. The lowest BCUT2D eigenvalue weighted by Crippen LogP contribution is -2.59. The van der Waals surface area contributed by atoms with Crippen LogP contribution >= 0.6 is 0 Å². The van der Waals surface area contributed by atoms with Crippen LogP contribution < -0.4 is 25.4 Å². The maximum absolute atomic E-state index is 14.8. The van der Waals surface area contributed by atoms with Crippen molar-refractivity contribution in [3.05, 3.63) is 36.5 Å². The second-order valence-corrected chi connectivity index (χ2v) is 19.2. The summed E-state index contributed by atoms with van der Waals surface area (Å²) >= 11 is 0. The molecule has 5 fully saturated rings. The molecule has 5 aliphatic rings. The number of carboxylic acids is 1. The van der Waals surface area contributed by atoms with Crippen LogP contribution in [0.15, 0.2) is 36.5 Å². The quantitative estimate of drug-likeness (QED) is 0.156. The van der Waals surface area contributed by atoms with Crippen molar-refractivity contribution in [3.63, 3.8) is 0 Å². The number of nitrogens with zero attached hydrogens (tertiary/aromatic N) is 5. The van der Waals surface area contributed by atoms with Gasteiger partial charge in [0, 0.05) is 61.9 Å². The number of fused-ring (bicyclic) bond motifs is 2. The average Bonchev–Trinajstić information content (AvgIpc) is 3.89. The predicted octanol–water partition coefficient (Wildman–Crippen LogP) is 4.61. The Balaban J connectivity index is 1.07. The SMILES string of the molecule is CCC1C[C@]1(NC(=O)C1C[C@@H](Oc2cc(-n3ccc(NC(C)C)n3)nc3cc(OCCN4CCOCC4)ccc23)CN1C(=O)C(NC(=O)OC1CC2CC2C1)C(C)(C)C)C(=O)O. The third-order valence-electron chi connectivity index (χ3n) is 13.1. The molecule has 3 saturated carbocycles. The highest BCUT2D eigenvalue weighted by Gasteiger charge is 2.61. The molecule has 2 aliphatic heterocycles. The number of hydrogen-bond acceptors (Lipinski definition) is 12. The molecule has 2 aromatic heterocycles. The maximum atomic E-state index is 14.8. The number of rotatable bonds is 16.